The van der Waals surface area contributed by atoms with Crippen LogP contribution < -0.4 is 9.64 Å². The van der Waals surface area contributed by atoms with E-state index < -0.39 is 0 Å². The molecule has 1 aliphatic rings. The molecular formula is C18H15NO3S. The minimum Gasteiger partial charge on any atom is -0.497 e. The van der Waals surface area contributed by atoms with Crippen LogP contribution in [0.5, 0.6) is 5.75 Å². The second-order valence-corrected chi connectivity index (χ2v) is 6.13. The van der Waals surface area contributed by atoms with Crippen LogP contribution >= 0.6 is 11.8 Å². The highest BCUT2D eigenvalue weighted by Gasteiger charge is 2.36. The van der Waals surface area contributed by atoms with E-state index in [9.17, 15) is 9.59 Å². The molecule has 0 atom stereocenters. The molecule has 1 aliphatic heterocycles. The first kappa shape index (κ1) is 15.4. The van der Waals surface area contributed by atoms with E-state index in [0.29, 0.717) is 16.3 Å². The number of methoxy groups -OCH3 is 1. The first-order chi connectivity index (χ1) is 11.1. The smallest absolute Gasteiger partial charge is 0.298 e. The topological polar surface area (TPSA) is 46.6 Å². The fourth-order valence-electron chi connectivity index (χ4n) is 2.35. The molecule has 0 unspecified atom stereocenters. The van der Waals surface area contributed by atoms with Gasteiger partial charge in [-0.2, -0.15) is 0 Å². The predicted molar refractivity (Wildman–Crippen MR) is 92.6 cm³/mol. The van der Waals surface area contributed by atoms with Gasteiger partial charge >= 0.3 is 0 Å². The molecule has 1 saturated heterocycles. The molecule has 0 N–H and O–H groups in total. The van der Waals surface area contributed by atoms with Gasteiger partial charge in [0, 0.05) is 6.07 Å². The van der Waals surface area contributed by atoms with Crippen molar-refractivity contribution < 1.29 is 14.3 Å². The molecule has 2 aromatic carbocycles. The summed E-state index contributed by atoms with van der Waals surface area (Å²) in [5, 5.41) is -0.304. The van der Waals surface area contributed by atoms with Gasteiger partial charge in [-0.1, -0.05) is 35.9 Å². The lowest BCUT2D eigenvalue weighted by Crippen LogP contribution is -2.27. The van der Waals surface area contributed by atoms with Crippen LogP contribution in [0, 0.1) is 6.92 Å². The minimum atomic E-state index is -0.310. The highest BCUT2D eigenvalue weighted by molar-refractivity contribution is 8.19. The molecule has 0 radical (unpaired) electrons. The summed E-state index contributed by atoms with van der Waals surface area (Å²) in [5.74, 6) is 0.291. The van der Waals surface area contributed by atoms with E-state index in [4.69, 9.17) is 4.74 Å². The van der Waals surface area contributed by atoms with Crippen LogP contribution in [0.25, 0.3) is 6.08 Å². The fourth-order valence-corrected chi connectivity index (χ4v) is 3.19. The Morgan fingerprint density at radius 3 is 2.61 bits per heavy atom. The average molecular weight is 325 g/mol. The zero-order chi connectivity index (χ0) is 16.4. The summed E-state index contributed by atoms with van der Waals surface area (Å²) in [4.78, 5) is 26.4. The largest absolute Gasteiger partial charge is 0.497 e. The lowest BCUT2D eigenvalue weighted by Gasteiger charge is -2.13. The van der Waals surface area contributed by atoms with E-state index in [-0.39, 0.29) is 11.1 Å². The van der Waals surface area contributed by atoms with Crippen molar-refractivity contribution in [3.63, 3.8) is 0 Å². The van der Waals surface area contributed by atoms with Crippen LogP contribution in [-0.2, 0) is 4.79 Å². The summed E-state index contributed by atoms with van der Waals surface area (Å²) >= 11 is 0.949. The first-order valence-electron chi connectivity index (χ1n) is 7.07. The Hall–Kier alpha value is -2.53. The molecular weight excluding hydrogens is 310 g/mol. The molecule has 1 fully saturated rings. The van der Waals surface area contributed by atoms with Crippen LogP contribution in [0.3, 0.4) is 0 Å². The molecule has 3 rings (SSSR count). The van der Waals surface area contributed by atoms with Gasteiger partial charge in [-0.05, 0) is 42.5 Å². The monoisotopic (exact) mass is 325 g/mol. The van der Waals surface area contributed by atoms with Crippen LogP contribution in [0.4, 0.5) is 10.5 Å². The second kappa shape index (κ2) is 6.30. The summed E-state index contributed by atoms with van der Waals surface area (Å²) in [6.45, 7) is 1.99. The Labute approximate surface area is 138 Å². The number of anilines is 1. The zero-order valence-electron chi connectivity index (χ0n) is 12.8. The number of hydrogen-bond acceptors (Lipinski definition) is 4. The van der Waals surface area contributed by atoms with Gasteiger partial charge in [0.05, 0.1) is 17.7 Å². The summed E-state index contributed by atoms with van der Waals surface area (Å²) in [7, 11) is 1.55. The number of ether oxygens (including phenoxy) is 1. The second-order valence-electron chi connectivity index (χ2n) is 5.13. The lowest BCUT2D eigenvalue weighted by molar-refractivity contribution is -0.113. The van der Waals surface area contributed by atoms with Crippen molar-refractivity contribution in [1.82, 2.24) is 0 Å². The number of rotatable bonds is 3. The Kier molecular flexibility index (Phi) is 4.21. The quantitative estimate of drug-likeness (QED) is 0.792. The molecule has 5 heteroatoms. The van der Waals surface area contributed by atoms with Crippen LogP contribution in [-0.4, -0.2) is 18.3 Å². The number of thioether (sulfide) groups is 1. The number of carbonyl (C=O) groups excluding carboxylic acids is 2. The molecule has 23 heavy (non-hydrogen) atoms. The van der Waals surface area contributed by atoms with Crippen molar-refractivity contribution in [3.8, 4) is 5.75 Å². The Bertz CT molecular complexity index is 813. The number of aryl methyl sites for hydroxylation is 1. The van der Waals surface area contributed by atoms with Crippen molar-refractivity contribution in [3.05, 3.63) is 64.6 Å². The first-order valence-corrected chi connectivity index (χ1v) is 7.89. The molecule has 0 aromatic heterocycles. The maximum Gasteiger partial charge on any atom is 0.298 e. The van der Waals surface area contributed by atoms with Crippen molar-refractivity contribution in [1.29, 1.82) is 0 Å². The van der Waals surface area contributed by atoms with Gasteiger partial charge in [-0.25, -0.2) is 4.90 Å². The van der Waals surface area contributed by atoms with Crippen LogP contribution in [0.15, 0.2) is 53.4 Å². The molecule has 0 bridgehead atoms. The third-order valence-electron chi connectivity index (χ3n) is 3.45. The lowest BCUT2D eigenvalue weighted by atomic mass is 10.1. The molecule has 0 aliphatic carbocycles. The van der Waals surface area contributed by atoms with Crippen LogP contribution in [0.2, 0.25) is 0 Å². The highest BCUT2D eigenvalue weighted by Crippen LogP contribution is 2.36. The number of imide groups is 1. The summed E-state index contributed by atoms with van der Waals surface area (Å²) in [5.41, 5.74) is 2.52. The van der Waals surface area contributed by atoms with Gasteiger partial charge < -0.3 is 4.74 Å². The van der Waals surface area contributed by atoms with Crippen LogP contribution in [0.1, 0.15) is 11.1 Å². The third-order valence-corrected chi connectivity index (χ3v) is 4.31. The molecule has 4 nitrogen and oxygen atoms in total. The number of amides is 2. The summed E-state index contributed by atoms with van der Waals surface area (Å²) < 4.78 is 5.15. The van der Waals surface area contributed by atoms with Crippen molar-refractivity contribution >= 4 is 34.7 Å². The molecule has 2 aromatic rings. The maximum atomic E-state index is 12.6. The normalized spacial score (nSPS) is 16.3. The highest BCUT2D eigenvalue weighted by atomic mass is 32.2. The number of hydrogen-bond donors (Lipinski definition) is 0. The molecule has 1 heterocycles. The standard InChI is InChI=1S/C18H15NO3S/c1-12-5-3-6-13(9-12)10-16-17(20)19(18(21)23-16)14-7-4-8-15(11-14)22-2/h3-11H,1-2H3/b16-10-. The van der Waals surface area contributed by atoms with Gasteiger partial charge in [0.15, 0.2) is 0 Å². The van der Waals surface area contributed by atoms with Gasteiger partial charge in [-0.3, -0.25) is 9.59 Å². The van der Waals surface area contributed by atoms with Gasteiger partial charge in [-0.15, -0.1) is 0 Å². The van der Waals surface area contributed by atoms with E-state index in [0.717, 1.165) is 22.9 Å². The van der Waals surface area contributed by atoms with Crippen molar-refractivity contribution in [2.24, 2.45) is 0 Å². The molecule has 116 valence electrons. The van der Waals surface area contributed by atoms with E-state index in [1.54, 1.807) is 37.5 Å². The van der Waals surface area contributed by atoms with Gasteiger partial charge in [0.25, 0.3) is 11.1 Å². The van der Waals surface area contributed by atoms with Gasteiger partial charge in [0.2, 0.25) is 0 Å². The average Bonchev–Trinajstić information content (AvgIpc) is 2.81. The van der Waals surface area contributed by atoms with E-state index >= 15 is 0 Å². The predicted octanol–water partition coefficient (Wildman–Crippen LogP) is 4.24. The third kappa shape index (κ3) is 3.14. The maximum absolute atomic E-state index is 12.6. The van der Waals surface area contributed by atoms with E-state index in [1.165, 1.54) is 4.90 Å². The molecule has 2 amide bonds. The Morgan fingerprint density at radius 1 is 1.09 bits per heavy atom. The number of carbonyl (C=O) groups is 2. The summed E-state index contributed by atoms with van der Waals surface area (Å²) in [6.07, 6.45) is 1.75. The summed E-state index contributed by atoms with van der Waals surface area (Å²) in [6, 6.07) is 14.7. The fraction of sp³-hybridized carbons (Fsp3) is 0.111. The number of benzene rings is 2. The number of nitrogens with zero attached hydrogens (tertiary/aromatic N) is 1. The minimum absolute atomic E-state index is 0.304. The van der Waals surface area contributed by atoms with E-state index in [1.807, 2.05) is 31.2 Å². The SMILES string of the molecule is COc1cccc(N2C(=O)S/C(=C\c3cccc(C)c3)C2=O)c1. The van der Waals surface area contributed by atoms with Gasteiger partial charge in [0.1, 0.15) is 5.75 Å². The molecule has 0 saturated carbocycles. The van der Waals surface area contributed by atoms with E-state index in [2.05, 4.69) is 0 Å². The van der Waals surface area contributed by atoms with Crippen molar-refractivity contribution in [2.75, 3.05) is 12.0 Å². The zero-order valence-corrected chi connectivity index (χ0v) is 13.6. The van der Waals surface area contributed by atoms with Crippen molar-refractivity contribution in [2.45, 2.75) is 6.92 Å². The molecule has 0 spiro atoms. The Morgan fingerprint density at radius 2 is 1.87 bits per heavy atom. The Balaban J connectivity index is 1.93.